The van der Waals surface area contributed by atoms with Gasteiger partial charge in [-0.1, -0.05) is 236 Å². The Morgan fingerprint density at radius 3 is 1.06 bits per heavy atom. The molecule has 3 aromatic heterocycles. The number of carbonyl (C=O) groups is 3. The number of hydrogen-bond acceptors (Lipinski definition) is 15. The van der Waals surface area contributed by atoms with Gasteiger partial charge in [-0.05, 0) is 242 Å². The van der Waals surface area contributed by atoms with Crippen molar-refractivity contribution in [2.45, 2.75) is 197 Å². The van der Waals surface area contributed by atoms with E-state index in [1.165, 1.54) is 89.5 Å². The van der Waals surface area contributed by atoms with Crippen LogP contribution in [-0.2, 0) is 128 Å². The highest BCUT2D eigenvalue weighted by atomic mass is 32.2. The molecule has 2 unspecified atom stereocenters. The Hall–Kier alpha value is -11.9. The summed E-state index contributed by atoms with van der Waals surface area (Å²) in [6.45, 7) is 4.84. The SMILES string of the molecule is [2H]C([2H])(c1ccc(-c2ccc(C(F)(F)F)cc2)cc1)N(CCN(CC)CC)C(=O)Cn1c(SCc2ccc(F)cc2)nc(=O)c2c1C([2H])([2H])C([2H])(C)C2([2H])[2H].[2H]c1c([2H])c(C(F)(F)F)c([2H])c([2H])c1-c1c([2H])c([2H])c(C([2H])([2H])N(CCN(CC)CC)C(=O)Cn2c(SCc3ccc(F)cc3)nc(=O)c3c2C([2H])([2H])C([2H])(C)C3([2H])[2H])c([2H])c1[2H].[2H]c1c([2H])c(C([2H])([2H])N(CCN(CC)CC)C(=O)Cn2c(SCc3ccc(F)cc3)nc(=O)c3c2CCC3)c([2H])c([2H])c1-c1c([2H])c([2H])c(C(F)(F)F)c(C)c1[2H]. The van der Waals surface area contributed by atoms with Crippen LogP contribution in [0.15, 0.2) is 242 Å². The molecule has 18 nitrogen and oxygen atoms in total. The van der Waals surface area contributed by atoms with Gasteiger partial charge in [0.15, 0.2) is 15.5 Å². The van der Waals surface area contributed by atoms with Crippen molar-refractivity contribution < 1.29 is 110 Å². The van der Waals surface area contributed by atoms with E-state index in [9.17, 15) is 89.7 Å². The van der Waals surface area contributed by atoms with Gasteiger partial charge in [-0.2, -0.15) is 54.5 Å². The van der Waals surface area contributed by atoms with Crippen LogP contribution in [0.2, 0.25) is 0 Å². The maximum atomic E-state index is 14.8. The Morgan fingerprint density at radius 1 is 0.382 bits per heavy atom. The first-order valence-electron chi connectivity index (χ1n) is 61.2. The van der Waals surface area contributed by atoms with E-state index in [0.717, 1.165) is 99.3 Å². The Morgan fingerprint density at radius 2 is 0.701 bits per heavy atom. The lowest BCUT2D eigenvalue weighted by atomic mass is 9.98. The average Bonchev–Trinajstić information content (AvgIpc) is 1.52. The van der Waals surface area contributed by atoms with E-state index in [-0.39, 0.29) is 71.0 Å². The number of thioether (sulfide) groups is 3. The van der Waals surface area contributed by atoms with Gasteiger partial charge in [-0.25, -0.2) is 13.2 Å². The van der Waals surface area contributed by atoms with Crippen LogP contribution in [-0.4, -0.2) is 154 Å². The molecule has 9 aromatic carbocycles. The van der Waals surface area contributed by atoms with Crippen molar-refractivity contribution in [3.05, 3.63) is 350 Å². The minimum atomic E-state index is -5.35. The summed E-state index contributed by atoms with van der Waals surface area (Å²) in [5.74, 6) is -9.37. The van der Waals surface area contributed by atoms with Crippen LogP contribution < -0.4 is 16.7 Å². The number of benzene rings is 9. The summed E-state index contributed by atoms with van der Waals surface area (Å²) in [4.78, 5) is 104. The number of carbonyl (C=O) groups excluding carboxylic acids is 3. The minimum Gasteiger partial charge on any atom is -0.336 e. The summed E-state index contributed by atoms with van der Waals surface area (Å²) in [7, 11) is 0. The highest BCUT2D eigenvalue weighted by Gasteiger charge is 2.36. The number of rotatable bonds is 39. The van der Waals surface area contributed by atoms with E-state index in [2.05, 4.69) is 15.0 Å². The van der Waals surface area contributed by atoms with E-state index in [0.29, 0.717) is 103 Å². The fraction of sp³-hybridized carbons (Fsp3) is 0.378. The molecule has 144 heavy (non-hydrogen) atoms. The van der Waals surface area contributed by atoms with Crippen molar-refractivity contribution >= 4 is 53.0 Å². The highest BCUT2D eigenvalue weighted by Crippen LogP contribution is 2.39. The molecule has 15 rings (SSSR count). The van der Waals surface area contributed by atoms with Crippen LogP contribution in [0.25, 0.3) is 33.4 Å². The molecule has 3 aliphatic rings. The fourth-order valence-corrected chi connectivity index (χ4v) is 18.0. The molecule has 0 aliphatic heterocycles. The number of amides is 3. The van der Waals surface area contributed by atoms with Crippen LogP contribution >= 0.6 is 35.3 Å². The van der Waals surface area contributed by atoms with Gasteiger partial charge in [0.05, 0.1) is 45.5 Å². The summed E-state index contributed by atoms with van der Waals surface area (Å²) >= 11 is 2.80. The zero-order chi connectivity index (χ0) is 131. The summed E-state index contributed by atoms with van der Waals surface area (Å²) in [5, 5.41) is -0.388. The maximum absolute atomic E-state index is 14.8. The molecule has 0 radical (unpaired) electrons. The number of fused-ring (bicyclic) bond motifs is 3. The molecule has 33 heteroatoms. The molecule has 0 bridgehead atoms. The number of nitrogens with zero attached hydrogens (tertiary/aromatic N) is 12. The van der Waals surface area contributed by atoms with Crippen LogP contribution in [0.3, 0.4) is 0 Å². The van der Waals surface area contributed by atoms with E-state index >= 15 is 0 Å². The van der Waals surface area contributed by atoms with E-state index in [1.807, 2.05) is 37.5 Å². The number of aromatic nitrogens is 6. The second kappa shape index (κ2) is 50.3. The number of halogens is 12. The fourth-order valence-electron chi connectivity index (χ4n) is 15.1. The Labute approximate surface area is 888 Å². The van der Waals surface area contributed by atoms with Crippen LogP contribution in [0.5, 0.6) is 0 Å². The monoisotopic (exact) mass is 2070 g/mol. The van der Waals surface area contributed by atoms with Gasteiger partial charge >= 0.3 is 18.5 Å². The zero-order valence-electron chi connectivity index (χ0n) is 110. The first-order valence-corrected chi connectivity index (χ1v) is 48.6. The smallest absolute Gasteiger partial charge is 0.336 e. The third-order valence-electron chi connectivity index (χ3n) is 23.1. The largest absolute Gasteiger partial charge is 0.416 e. The first-order chi connectivity index (χ1) is 81.2. The minimum absolute atomic E-state index is 0.0376. The lowest BCUT2D eigenvalue weighted by Gasteiger charge is -2.28. The molecule has 0 N–H and O–H groups in total. The van der Waals surface area contributed by atoms with Crippen LogP contribution in [0, 0.1) is 36.2 Å². The molecule has 2 atom stereocenters. The van der Waals surface area contributed by atoms with E-state index in [1.54, 1.807) is 30.9 Å². The van der Waals surface area contributed by atoms with Crippen molar-refractivity contribution in [1.29, 1.82) is 0 Å². The molecule has 0 saturated heterocycles. The topological polar surface area (TPSA) is 175 Å². The van der Waals surface area contributed by atoms with Crippen LogP contribution in [0.1, 0.15) is 194 Å². The molecule has 0 saturated carbocycles. The maximum Gasteiger partial charge on any atom is 0.416 e. The predicted octanol–water partition coefficient (Wildman–Crippen LogP) is 22.5. The third kappa shape index (κ3) is 29.5. The summed E-state index contributed by atoms with van der Waals surface area (Å²) in [5.41, 5.74) is -12.5. The van der Waals surface area contributed by atoms with E-state index < -0.39 is 322 Å². The van der Waals surface area contributed by atoms with E-state index in [4.69, 9.17) is 34.3 Å². The molecule has 3 aliphatic carbocycles. The molecule has 3 amide bonds. The Kier molecular flexibility index (Phi) is 25.9. The van der Waals surface area contributed by atoms with Crippen molar-refractivity contribution in [3.8, 4) is 33.4 Å². The normalized spacial score (nSPS) is 19.7. The molecule has 0 fully saturated rings. The zero-order valence-corrected chi connectivity index (χ0v) is 81.9. The molecular weight excluding hydrogens is 1920 g/mol. The van der Waals surface area contributed by atoms with Crippen molar-refractivity contribution in [2.24, 2.45) is 11.8 Å². The van der Waals surface area contributed by atoms with Crippen LogP contribution in [0.4, 0.5) is 52.7 Å². The summed E-state index contributed by atoms with van der Waals surface area (Å²) in [6, 6.07) is 8.65. The Bertz CT molecular complexity index is 8290. The number of alkyl halides is 9. The predicted molar refractivity (Wildman–Crippen MR) is 544 cm³/mol. The van der Waals surface area contributed by atoms with Crippen molar-refractivity contribution in [3.63, 3.8) is 0 Å². The highest BCUT2D eigenvalue weighted by molar-refractivity contribution is 7.98. The molecular formula is C111H120F12N12O6S3. The number of hydrogen-bond donors (Lipinski definition) is 0. The first kappa shape index (κ1) is 74.1. The van der Waals surface area contributed by atoms with Gasteiger partial charge in [-0.3, -0.25) is 28.8 Å². The van der Waals surface area contributed by atoms with Gasteiger partial charge in [-0.15, -0.1) is 0 Å². The quantitative estimate of drug-likeness (QED) is 0.0202. The standard InChI is InChI=1S/3C37H40F4N4O2S/c2*1-4-43(5-2)18-19-44(22-26-6-10-28(11-7-26)29-12-14-30(15-13-29)37(39,40)41)34(46)23-45-33-21-25(3)20-32(33)35(47)42-36(45)48-24-27-8-16-31(38)17-9-27;1-4-43(5-2)19-20-44(22-26-9-13-28(14-10-26)29-15-18-32(25(3)21-29)37(39,40)41)34(46)23-45-33-8-6-7-31(33)35(47)42-36(45)48-24-27-11-16-30(38)17-12-27/h2*6-17,25H,4-5,18-24H2,1-3H3;9-18,21H,4-8,19-20,22-24H2,1-3H3/i6D,7D,10D,11D,12D,13D,14D,15D,20D2,21D2,22D2,25D;20D2,21D2,22D2,25D;9D,10D,13D,14D,15D,18D,21D,22D2. The van der Waals surface area contributed by atoms with Crippen molar-refractivity contribution in [2.75, 3.05) is 78.5 Å². The molecule has 12 aromatic rings. The average molecular weight is 2070 g/mol. The van der Waals surface area contributed by atoms with Gasteiger partial charge < -0.3 is 43.1 Å². The third-order valence-corrected chi connectivity index (χ3v) is 26.2. The lowest BCUT2D eigenvalue weighted by Crippen LogP contribution is -2.40. The van der Waals surface area contributed by atoms with Crippen molar-refractivity contribution in [1.82, 2.24) is 58.1 Å². The summed E-state index contributed by atoms with van der Waals surface area (Å²) in [6.07, 6.45) is -25.2. The van der Waals surface area contributed by atoms with Gasteiger partial charge in [0, 0.05) is 123 Å². The van der Waals surface area contributed by atoms with Gasteiger partial charge in [0.1, 0.15) is 37.1 Å². The second-order valence-corrected chi connectivity index (χ2v) is 35.6. The van der Waals surface area contributed by atoms with Gasteiger partial charge in [0.25, 0.3) is 16.7 Å². The molecule has 3 heterocycles. The molecule has 0 spiro atoms. The van der Waals surface area contributed by atoms with Gasteiger partial charge in [0.2, 0.25) is 17.7 Å². The summed E-state index contributed by atoms with van der Waals surface area (Å²) < 4.78 is 439. The number of likely N-dealkylation sites (N-methyl/N-ethyl adjacent to an activating group) is 3. The molecule has 762 valence electrons. The second-order valence-electron chi connectivity index (χ2n) is 32.8. The lowest BCUT2D eigenvalue weighted by molar-refractivity contribution is -0.138. The Balaban J connectivity index is 0.000000215.